The van der Waals surface area contributed by atoms with Crippen molar-refractivity contribution in [1.29, 1.82) is 0 Å². The van der Waals surface area contributed by atoms with E-state index in [0.717, 1.165) is 5.56 Å². The zero-order valence-corrected chi connectivity index (χ0v) is 11.4. The lowest BCUT2D eigenvalue weighted by Crippen LogP contribution is -2.35. The number of benzene rings is 1. The largest absolute Gasteiger partial charge is 0.490 e. The second-order valence-corrected chi connectivity index (χ2v) is 6.09. The molecule has 0 atom stereocenters. The van der Waals surface area contributed by atoms with Crippen molar-refractivity contribution in [2.45, 2.75) is 45.7 Å². The summed E-state index contributed by atoms with van der Waals surface area (Å²) < 4.78 is 19.4. The second kappa shape index (κ2) is 5.27. The molecule has 0 amide bonds. The fourth-order valence-electron chi connectivity index (χ4n) is 1.70. The van der Waals surface area contributed by atoms with Gasteiger partial charge in [-0.1, -0.05) is 12.1 Å². The molecule has 18 heavy (non-hydrogen) atoms. The van der Waals surface area contributed by atoms with Gasteiger partial charge in [0.2, 0.25) is 0 Å². The zero-order chi connectivity index (χ0) is 13.2. The van der Waals surface area contributed by atoms with Crippen LogP contribution in [0.25, 0.3) is 0 Å². The number of halogens is 1. The summed E-state index contributed by atoms with van der Waals surface area (Å²) in [7, 11) is 0. The Hall–Kier alpha value is -1.09. The van der Waals surface area contributed by atoms with Crippen LogP contribution in [0.2, 0.25) is 0 Å². The Bertz CT molecular complexity index is 407. The van der Waals surface area contributed by atoms with Gasteiger partial charge in [0.1, 0.15) is 0 Å². The quantitative estimate of drug-likeness (QED) is 0.864. The Balaban J connectivity index is 2.04. The normalized spacial score (nSPS) is 15.8. The van der Waals surface area contributed by atoms with E-state index in [1.807, 2.05) is 6.07 Å². The standard InChI is InChI=1S/C15H22FNO/c1-15(2,3)17-9-12-5-4-6-13(16)14(12)18-10-11-7-8-11/h4-6,11,17H,7-10H2,1-3H3. The van der Waals surface area contributed by atoms with Gasteiger partial charge in [-0.15, -0.1) is 0 Å². The predicted molar refractivity (Wildman–Crippen MR) is 71.2 cm³/mol. The van der Waals surface area contributed by atoms with E-state index >= 15 is 0 Å². The molecule has 100 valence electrons. The molecule has 1 aromatic rings. The Morgan fingerprint density at radius 1 is 1.33 bits per heavy atom. The van der Waals surface area contributed by atoms with Crippen LogP contribution < -0.4 is 10.1 Å². The molecule has 1 aliphatic rings. The average Bonchev–Trinajstić information content (AvgIpc) is 3.08. The topological polar surface area (TPSA) is 21.3 Å². The lowest BCUT2D eigenvalue weighted by Gasteiger charge is -2.21. The van der Waals surface area contributed by atoms with Crippen LogP contribution in [0.4, 0.5) is 4.39 Å². The van der Waals surface area contributed by atoms with Crippen LogP contribution in [0.15, 0.2) is 18.2 Å². The van der Waals surface area contributed by atoms with E-state index < -0.39 is 0 Å². The number of ether oxygens (including phenoxy) is 1. The Kier molecular flexibility index (Phi) is 3.91. The first-order valence-electron chi connectivity index (χ1n) is 6.61. The Morgan fingerprint density at radius 2 is 2.06 bits per heavy atom. The molecule has 0 bridgehead atoms. The molecule has 3 heteroatoms. The highest BCUT2D eigenvalue weighted by molar-refractivity contribution is 5.35. The summed E-state index contributed by atoms with van der Waals surface area (Å²) in [6.45, 7) is 7.55. The minimum atomic E-state index is -0.260. The summed E-state index contributed by atoms with van der Waals surface area (Å²) in [4.78, 5) is 0. The minimum absolute atomic E-state index is 0.0140. The van der Waals surface area contributed by atoms with Crippen LogP contribution in [0.5, 0.6) is 5.75 Å². The van der Waals surface area contributed by atoms with Gasteiger partial charge in [0.05, 0.1) is 6.61 Å². The zero-order valence-electron chi connectivity index (χ0n) is 11.4. The molecule has 0 saturated heterocycles. The third kappa shape index (κ3) is 3.98. The average molecular weight is 251 g/mol. The first-order chi connectivity index (χ1) is 8.46. The monoisotopic (exact) mass is 251 g/mol. The smallest absolute Gasteiger partial charge is 0.165 e. The maximum atomic E-state index is 13.8. The molecule has 1 N–H and O–H groups in total. The first kappa shape index (κ1) is 13.3. The van der Waals surface area contributed by atoms with Crippen molar-refractivity contribution in [2.24, 2.45) is 5.92 Å². The van der Waals surface area contributed by atoms with Crippen molar-refractivity contribution in [1.82, 2.24) is 5.32 Å². The van der Waals surface area contributed by atoms with Crippen LogP contribution in [0.3, 0.4) is 0 Å². The maximum Gasteiger partial charge on any atom is 0.165 e. The fourth-order valence-corrected chi connectivity index (χ4v) is 1.70. The minimum Gasteiger partial charge on any atom is -0.490 e. The molecule has 0 radical (unpaired) electrons. The molecule has 0 heterocycles. The van der Waals surface area contributed by atoms with E-state index in [-0.39, 0.29) is 11.4 Å². The maximum absolute atomic E-state index is 13.8. The predicted octanol–water partition coefficient (Wildman–Crippen LogP) is 3.50. The van der Waals surface area contributed by atoms with Crippen molar-refractivity contribution in [3.8, 4) is 5.75 Å². The van der Waals surface area contributed by atoms with E-state index in [9.17, 15) is 4.39 Å². The summed E-state index contributed by atoms with van der Waals surface area (Å²) in [5, 5.41) is 3.36. The van der Waals surface area contributed by atoms with Crippen LogP contribution in [0, 0.1) is 11.7 Å². The molecule has 0 spiro atoms. The number of hydrogen-bond donors (Lipinski definition) is 1. The Morgan fingerprint density at radius 3 is 2.67 bits per heavy atom. The molecular formula is C15H22FNO. The van der Waals surface area contributed by atoms with Gasteiger partial charge in [0.25, 0.3) is 0 Å². The van der Waals surface area contributed by atoms with Gasteiger partial charge in [0, 0.05) is 17.6 Å². The number of hydrogen-bond acceptors (Lipinski definition) is 2. The van der Waals surface area contributed by atoms with Crippen molar-refractivity contribution < 1.29 is 9.13 Å². The molecule has 1 aliphatic carbocycles. The van der Waals surface area contributed by atoms with Crippen LogP contribution in [-0.2, 0) is 6.54 Å². The van der Waals surface area contributed by atoms with Gasteiger partial charge < -0.3 is 10.1 Å². The molecule has 0 aliphatic heterocycles. The SMILES string of the molecule is CC(C)(C)NCc1cccc(F)c1OCC1CC1. The number of rotatable bonds is 5. The van der Waals surface area contributed by atoms with Crippen molar-refractivity contribution in [3.05, 3.63) is 29.6 Å². The summed E-state index contributed by atoms with van der Waals surface area (Å²) in [6.07, 6.45) is 2.42. The van der Waals surface area contributed by atoms with E-state index in [1.165, 1.54) is 18.9 Å². The summed E-state index contributed by atoms with van der Waals surface area (Å²) in [6, 6.07) is 5.12. The van der Waals surface area contributed by atoms with Crippen LogP contribution in [0.1, 0.15) is 39.2 Å². The summed E-state index contributed by atoms with van der Waals surface area (Å²) in [5.74, 6) is 0.790. The van der Waals surface area contributed by atoms with Crippen molar-refractivity contribution in [2.75, 3.05) is 6.61 Å². The molecular weight excluding hydrogens is 229 g/mol. The van der Waals surface area contributed by atoms with E-state index in [1.54, 1.807) is 6.07 Å². The van der Waals surface area contributed by atoms with E-state index in [2.05, 4.69) is 26.1 Å². The highest BCUT2D eigenvalue weighted by Gasteiger charge is 2.23. The Labute approximate surface area is 109 Å². The van der Waals surface area contributed by atoms with E-state index in [4.69, 9.17) is 4.74 Å². The molecule has 0 unspecified atom stereocenters. The van der Waals surface area contributed by atoms with Gasteiger partial charge in [-0.25, -0.2) is 4.39 Å². The lowest BCUT2D eigenvalue weighted by atomic mass is 10.1. The van der Waals surface area contributed by atoms with Gasteiger partial charge in [-0.3, -0.25) is 0 Å². The highest BCUT2D eigenvalue weighted by atomic mass is 19.1. The fraction of sp³-hybridized carbons (Fsp3) is 0.600. The van der Waals surface area contributed by atoms with Gasteiger partial charge >= 0.3 is 0 Å². The van der Waals surface area contributed by atoms with Crippen LogP contribution in [-0.4, -0.2) is 12.1 Å². The lowest BCUT2D eigenvalue weighted by molar-refractivity contribution is 0.280. The third-order valence-corrected chi connectivity index (χ3v) is 3.02. The summed E-state index contributed by atoms with van der Waals surface area (Å²) >= 11 is 0. The first-order valence-corrected chi connectivity index (χ1v) is 6.61. The van der Waals surface area contributed by atoms with Crippen molar-refractivity contribution >= 4 is 0 Å². The molecule has 2 rings (SSSR count). The number of para-hydroxylation sites is 1. The molecule has 2 nitrogen and oxygen atoms in total. The molecule has 1 fully saturated rings. The van der Waals surface area contributed by atoms with E-state index in [0.29, 0.717) is 24.8 Å². The third-order valence-electron chi connectivity index (χ3n) is 3.02. The molecule has 1 aromatic carbocycles. The second-order valence-electron chi connectivity index (χ2n) is 6.09. The van der Waals surface area contributed by atoms with Crippen molar-refractivity contribution in [3.63, 3.8) is 0 Å². The van der Waals surface area contributed by atoms with Gasteiger partial charge in [-0.05, 0) is 45.6 Å². The van der Waals surface area contributed by atoms with Gasteiger partial charge in [-0.2, -0.15) is 0 Å². The highest BCUT2D eigenvalue weighted by Crippen LogP contribution is 2.31. The molecule has 0 aromatic heterocycles. The number of nitrogens with one attached hydrogen (secondary N) is 1. The molecule has 1 saturated carbocycles. The summed E-state index contributed by atoms with van der Waals surface area (Å²) in [5.41, 5.74) is 0.908. The van der Waals surface area contributed by atoms with Gasteiger partial charge in [0.15, 0.2) is 11.6 Å². The van der Waals surface area contributed by atoms with Crippen LogP contribution >= 0.6 is 0 Å².